The van der Waals surface area contributed by atoms with Crippen LogP contribution in [-0.2, 0) is 9.47 Å². The summed E-state index contributed by atoms with van der Waals surface area (Å²) < 4.78 is 10.3. The molecule has 1 rings (SSSR count). The summed E-state index contributed by atoms with van der Waals surface area (Å²) in [5.74, 6) is 0. The van der Waals surface area contributed by atoms with E-state index in [0.29, 0.717) is 6.61 Å². The molecule has 0 amide bonds. The summed E-state index contributed by atoms with van der Waals surface area (Å²) in [5, 5.41) is 27.5. The van der Waals surface area contributed by atoms with E-state index in [1.54, 1.807) is 0 Å². The fraction of sp³-hybridized carbons (Fsp3) is 1.00. The van der Waals surface area contributed by atoms with Gasteiger partial charge in [0.1, 0.15) is 12.2 Å². The highest BCUT2D eigenvalue weighted by molar-refractivity contribution is 4.82. The Kier molecular flexibility index (Phi) is 4.08. The molecular weight excluding hydrogens is 176 g/mol. The average molecular weight is 192 g/mol. The molecule has 1 fully saturated rings. The lowest BCUT2D eigenvalue weighted by Gasteiger charge is -2.35. The molecule has 5 heteroatoms. The van der Waals surface area contributed by atoms with Crippen molar-refractivity contribution in [2.75, 3.05) is 13.2 Å². The molecule has 0 bridgehead atoms. The van der Waals surface area contributed by atoms with Crippen LogP contribution in [0.2, 0.25) is 0 Å². The summed E-state index contributed by atoms with van der Waals surface area (Å²) in [4.78, 5) is 0. The molecule has 13 heavy (non-hydrogen) atoms. The zero-order chi connectivity index (χ0) is 9.84. The van der Waals surface area contributed by atoms with Gasteiger partial charge in [0.25, 0.3) is 0 Å². The minimum atomic E-state index is -1.03. The van der Waals surface area contributed by atoms with Crippen molar-refractivity contribution in [3.8, 4) is 0 Å². The molecule has 0 spiro atoms. The first-order chi connectivity index (χ1) is 6.19. The van der Waals surface area contributed by atoms with Gasteiger partial charge in [-0.2, -0.15) is 0 Å². The highest BCUT2D eigenvalue weighted by atomic mass is 16.7. The normalized spacial score (nSPS) is 40.6. The third kappa shape index (κ3) is 2.62. The number of aliphatic hydroxyl groups is 3. The Morgan fingerprint density at radius 2 is 2.15 bits per heavy atom. The molecule has 0 aromatic carbocycles. The van der Waals surface area contributed by atoms with Crippen molar-refractivity contribution >= 4 is 0 Å². The summed E-state index contributed by atoms with van der Waals surface area (Å²) in [6.45, 7) is 1.97. The van der Waals surface area contributed by atoms with Crippen molar-refractivity contribution in [1.82, 2.24) is 0 Å². The van der Waals surface area contributed by atoms with Crippen LogP contribution in [0.3, 0.4) is 0 Å². The molecule has 5 nitrogen and oxygen atoms in total. The summed E-state index contributed by atoms with van der Waals surface area (Å²) in [5.41, 5.74) is 0. The monoisotopic (exact) mass is 192 g/mol. The van der Waals surface area contributed by atoms with Gasteiger partial charge in [-0.25, -0.2) is 0 Å². The van der Waals surface area contributed by atoms with Crippen LogP contribution >= 0.6 is 0 Å². The molecule has 1 unspecified atom stereocenters. The van der Waals surface area contributed by atoms with Crippen LogP contribution in [0.1, 0.15) is 13.3 Å². The summed E-state index contributed by atoms with van der Waals surface area (Å²) in [6.07, 6.45) is -2.95. The van der Waals surface area contributed by atoms with Gasteiger partial charge in [0, 0.05) is 13.0 Å². The standard InChI is InChI=1S/C8H16O5/c1-2-12-7-3-5(10)8(11)6(4-9)13-7/h5-11H,2-4H2,1H3/t5-,6?,7-,8-/m1/s1. The molecule has 0 aromatic rings. The van der Waals surface area contributed by atoms with E-state index in [0.717, 1.165) is 0 Å². The van der Waals surface area contributed by atoms with Gasteiger partial charge < -0.3 is 24.8 Å². The lowest BCUT2D eigenvalue weighted by molar-refractivity contribution is -0.255. The molecule has 0 aliphatic carbocycles. The number of hydrogen-bond donors (Lipinski definition) is 3. The molecule has 0 aromatic heterocycles. The fourth-order valence-electron chi connectivity index (χ4n) is 1.36. The zero-order valence-electron chi connectivity index (χ0n) is 7.59. The Morgan fingerprint density at radius 3 is 2.69 bits per heavy atom. The third-order valence-corrected chi connectivity index (χ3v) is 2.07. The minimum absolute atomic E-state index is 0.242. The van der Waals surface area contributed by atoms with E-state index in [1.165, 1.54) is 0 Å². The van der Waals surface area contributed by atoms with E-state index in [4.69, 9.17) is 14.6 Å². The first-order valence-corrected chi connectivity index (χ1v) is 4.43. The Bertz CT molecular complexity index is 151. The Balaban J connectivity index is 2.47. The maximum atomic E-state index is 9.36. The molecule has 3 N–H and O–H groups in total. The smallest absolute Gasteiger partial charge is 0.160 e. The van der Waals surface area contributed by atoms with Gasteiger partial charge in [-0.1, -0.05) is 0 Å². The van der Waals surface area contributed by atoms with Gasteiger partial charge in [0.2, 0.25) is 0 Å². The number of ether oxygens (including phenoxy) is 2. The maximum absolute atomic E-state index is 9.36. The van der Waals surface area contributed by atoms with E-state index in [1.807, 2.05) is 6.92 Å². The quantitative estimate of drug-likeness (QED) is 0.526. The largest absolute Gasteiger partial charge is 0.394 e. The summed E-state index contributed by atoms with van der Waals surface area (Å²) >= 11 is 0. The Hall–Kier alpha value is -0.200. The summed E-state index contributed by atoms with van der Waals surface area (Å²) in [6, 6.07) is 0. The predicted octanol–water partition coefficient (Wildman–Crippen LogP) is -1.15. The minimum Gasteiger partial charge on any atom is -0.394 e. The maximum Gasteiger partial charge on any atom is 0.160 e. The molecule has 0 radical (unpaired) electrons. The predicted molar refractivity (Wildman–Crippen MR) is 44.0 cm³/mol. The summed E-state index contributed by atoms with van der Waals surface area (Å²) in [7, 11) is 0. The van der Waals surface area contributed by atoms with E-state index in [-0.39, 0.29) is 13.0 Å². The van der Waals surface area contributed by atoms with E-state index < -0.39 is 24.6 Å². The Labute approximate surface area is 76.9 Å². The average Bonchev–Trinajstić information content (AvgIpc) is 2.11. The zero-order valence-corrected chi connectivity index (χ0v) is 7.59. The second-order valence-electron chi connectivity index (χ2n) is 3.04. The molecular formula is C8H16O5. The first-order valence-electron chi connectivity index (χ1n) is 4.43. The molecule has 4 atom stereocenters. The molecule has 0 saturated carbocycles. The molecule has 1 heterocycles. The van der Waals surface area contributed by atoms with Crippen LogP contribution in [-0.4, -0.2) is 53.1 Å². The van der Waals surface area contributed by atoms with Crippen molar-refractivity contribution in [3.63, 3.8) is 0 Å². The van der Waals surface area contributed by atoms with Crippen molar-refractivity contribution < 1.29 is 24.8 Å². The SMILES string of the molecule is CCO[C@H]1C[C@@H](O)[C@@H](O)C(CO)O1. The molecule has 1 aliphatic heterocycles. The number of aliphatic hydroxyl groups excluding tert-OH is 3. The Morgan fingerprint density at radius 1 is 1.46 bits per heavy atom. The second kappa shape index (κ2) is 4.88. The van der Waals surface area contributed by atoms with Gasteiger partial charge in [-0.3, -0.25) is 0 Å². The van der Waals surface area contributed by atoms with Crippen LogP contribution in [0.15, 0.2) is 0 Å². The van der Waals surface area contributed by atoms with Gasteiger partial charge >= 0.3 is 0 Å². The molecule has 1 aliphatic rings. The van der Waals surface area contributed by atoms with E-state index >= 15 is 0 Å². The van der Waals surface area contributed by atoms with Crippen molar-refractivity contribution in [2.45, 2.75) is 37.9 Å². The second-order valence-corrected chi connectivity index (χ2v) is 3.04. The number of hydrogen-bond acceptors (Lipinski definition) is 5. The van der Waals surface area contributed by atoms with Gasteiger partial charge in [0.15, 0.2) is 6.29 Å². The van der Waals surface area contributed by atoms with E-state index in [2.05, 4.69) is 0 Å². The molecule has 1 saturated heterocycles. The lowest BCUT2D eigenvalue weighted by Crippen LogP contribution is -2.50. The number of rotatable bonds is 3. The van der Waals surface area contributed by atoms with Gasteiger partial charge in [-0.15, -0.1) is 0 Å². The first kappa shape index (κ1) is 10.9. The van der Waals surface area contributed by atoms with Gasteiger partial charge in [-0.05, 0) is 6.92 Å². The lowest BCUT2D eigenvalue weighted by atomic mass is 10.0. The van der Waals surface area contributed by atoms with Crippen LogP contribution in [0, 0.1) is 0 Å². The van der Waals surface area contributed by atoms with Crippen LogP contribution in [0.5, 0.6) is 0 Å². The molecule has 78 valence electrons. The topological polar surface area (TPSA) is 79.2 Å². The fourth-order valence-corrected chi connectivity index (χ4v) is 1.36. The van der Waals surface area contributed by atoms with Crippen LogP contribution < -0.4 is 0 Å². The van der Waals surface area contributed by atoms with Crippen LogP contribution in [0.25, 0.3) is 0 Å². The van der Waals surface area contributed by atoms with E-state index in [9.17, 15) is 10.2 Å². The third-order valence-electron chi connectivity index (χ3n) is 2.07. The van der Waals surface area contributed by atoms with Crippen molar-refractivity contribution in [1.29, 1.82) is 0 Å². The van der Waals surface area contributed by atoms with Crippen molar-refractivity contribution in [3.05, 3.63) is 0 Å². The highest BCUT2D eigenvalue weighted by Crippen LogP contribution is 2.20. The van der Waals surface area contributed by atoms with Crippen LogP contribution in [0.4, 0.5) is 0 Å². The van der Waals surface area contributed by atoms with Crippen molar-refractivity contribution in [2.24, 2.45) is 0 Å². The highest BCUT2D eigenvalue weighted by Gasteiger charge is 2.36. The van der Waals surface area contributed by atoms with Gasteiger partial charge in [0.05, 0.1) is 12.7 Å².